The number of carbonyl (C=O) groups is 1. The summed E-state index contributed by atoms with van der Waals surface area (Å²) in [6.45, 7) is 2.03. The van der Waals surface area contributed by atoms with Crippen LogP contribution in [0.15, 0.2) is 10.6 Å². The molecule has 4 heteroatoms. The van der Waals surface area contributed by atoms with Crippen LogP contribution in [0.4, 0.5) is 0 Å². The van der Waals surface area contributed by atoms with Gasteiger partial charge >= 0.3 is 5.97 Å². The maximum atomic E-state index is 10.2. The van der Waals surface area contributed by atoms with Crippen LogP contribution in [-0.2, 0) is 17.6 Å². The first-order valence-corrected chi connectivity index (χ1v) is 3.87. The van der Waals surface area contributed by atoms with Gasteiger partial charge in [0.2, 0.25) is 5.89 Å². The molecule has 12 heavy (non-hydrogen) atoms. The number of hydrogen-bond acceptors (Lipinski definition) is 3. The highest BCUT2D eigenvalue weighted by molar-refractivity contribution is 5.68. The Hall–Kier alpha value is -1.32. The number of hydrogen-bond donors (Lipinski definition) is 1. The molecule has 0 saturated heterocycles. The summed E-state index contributed by atoms with van der Waals surface area (Å²) in [7, 11) is 0. The predicted molar refractivity (Wildman–Crippen MR) is 41.8 cm³/mol. The van der Waals surface area contributed by atoms with E-state index < -0.39 is 5.97 Å². The number of aliphatic carboxylic acids is 1. The molecule has 1 aromatic heterocycles. The Bertz CT molecular complexity index is 267. The van der Waals surface area contributed by atoms with Crippen molar-refractivity contribution in [3.05, 3.63) is 17.8 Å². The van der Waals surface area contributed by atoms with Crippen molar-refractivity contribution in [2.45, 2.75) is 26.2 Å². The lowest BCUT2D eigenvalue weighted by Gasteiger charge is -1.89. The number of carboxylic acids is 1. The van der Waals surface area contributed by atoms with E-state index in [1.165, 1.54) is 0 Å². The fourth-order valence-electron chi connectivity index (χ4n) is 0.921. The summed E-state index contributed by atoms with van der Waals surface area (Å²) in [5.41, 5.74) is 0. The molecule has 0 aliphatic heterocycles. The summed E-state index contributed by atoms with van der Waals surface area (Å²) in [5.74, 6) is 0.125. The third-order valence-electron chi connectivity index (χ3n) is 1.40. The van der Waals surface area contributed by atoms with Crippen molar-refractivity contribution < 1.29 is 14.3 Å². The summed E-state index contributed by atoms with van der Waals surface area (Å²) in [5, 5.41) is 8.41. The molecule has 0 atom stereocenters. The summed E-state index contributed by atoms with van der Waals surface area (Å²) in [6.07, 6.45) is 3.24. The van der Waals surface area contributed by atoms with Crippen LogP contribution in [0.3, 0.4) is 0 Å². The SMILES string of the molecule is CCCc1cnc(CC(=O)O)o1. The Morgan fingerprint density at radius 1 is 1.75 bits per heavy atom. The minimum absolute atomic E-state index is 0.135. The molecule has 66 valence electrons. The zero-order chi connectivity index (χ0) is 8.97. The lowest BCUT2D eigenvalue weighted by molar-refractivity contribution is -0.136. The first-order valence-electron chi connectivity index (χ1n) is 3.87. The van der Waals surface area contributed by atoms with Crippen molar-refractivity contribution in [3.8, 4) is 0 Å². The van der Waals surface area contributed by atoms with Crippen molar-refractivity contribution in [1.82, 2.24) is 4.98 Å². The van der Waals surface area contributed by atoms with Crippen LogP contribution in [0.25, 0.3) is 0 Å². The van der Waals surface area contributed by atoms with Crippen molar-refractivity contribution in [2.24, 2.45) is 0 Å². The van der Waals surface area contributed by atoms with E-state index in [1.807, 2.05) is 6.92 Å². The molecule has 0 aliphatic carbocycles. The van der Waals surface area contributed by atoms with Gasteiger partial charge in [-0.15, -0.1) is 0 Å². The molecule has 0 saturated carbocycles. The van der Waals surface area contributed by atoms with Gasteiger partial charge in [0.05, 0.1) is 6.20 Å². The molecule has 1 aromatic rings. The van der Waals surface area contributed by atoms with Gasteiger partial charge in [0.15, 0.2) is 0 Å². The van der Waals surface area contributed by atoms with Gasteiger partial charge < -0.3 is 9.52 Å². The van der Waals surface area contributed by atoms with Gasteiger partial charge in [-0.2, -0.15) is 0 Å². The second-order valence-corrected chi connectivity index (χ2v) is 2.54. The molecule has 0 unspecified atom stereocenters. The maximum absolute atomic E-state index is 10.2. The molecular weight excluding hydrogens is 158 g/mol. The lowest BCUT2D eigenvalue weighted by Crippen LogP contribution is -1.99. The maximum Gasteiger partial charge on any atom is 0.312 e. The molecule has 0 bridgehead atoms. The number of aryl methyl sites for hydroxylation is 1. The van der Waals surface area contributed by atoms with E-state index >= 15 is 0 Å². The van der Waals surface area contributed by atoms with E-state index in [9.17, 15) is 4.79 Å². The monoisotopic (exact) mass is 169 g/mol. The average Bonchev–Trinajstić information content (AvgIpc) is 2.36. The predicted octanol–water partition coefficient (Wildman–Crippen LogP) is 1.25. The molecule has 0 aliphatic rings. The quantitative estimate of drug-likeness (QED) is 0.736. The fraction of sp³-hybridized carbons (Fsp3) is 0.500. The summed E-state index contributed by atoms with van der Waals surface area (Å²) in [6, 6.07) is 0. The van der Waals surface area contributed by atoms with E-state index in [0.29, 0.717) is 0 Å². The van der Waals surface area contributed by atoms with E-state index in [2.05, 4.69) is 4.98 Å². The first kappa shape index (κ1) is 8.77. The Morgan fingerprint density at radius 2 is 2.50 bits per heavy atom. The Balaban J connectivity index is 2.58. The summed E-state index contributed by atoms with van der Waals surface area (Å²) in [4.78, 5) is 14.1. The summed E-state index contributed by atoms with van der Waals surface area (Å²) < 4.78 is 5.14. The van der Waals surface area contributed by atoms with Crippen LogP contribution >= 0.6 is 0 Å². The molecule has 0 aromatic carbocycles. The third-order valence-corrected chi connectivity index (χ3v) is 1.40. The van der Waals surface area contributed by atoms with Crippen molar-refractivity contribution in [3.63, 3.8) is 0 Å². The lowest BCUT2D eigenvalue weighted by atomic mass is 10.3. The van der Waals surface area contributed by atoms with Crippen LogP contribution in [0.1, 0.15) is 25.0 Å². The van der Waals surface area contributed by atoms with Gasteiger partial charge in [-0.3, -0.25) is 4.79 Å². The van der Waals surface area contributed by atoms with Crippen molar-refractivity contribution >= 4 is 5.97 Å². The van der Waals surface area contributed by atoms with Gasteiger partial charge in [-0.25, -0.2) is 4.98 Å². The minimum Gasteiger partial charge on any atom is -0.481 e. The molecule has 0 spiro atoms. The fourth-order valence-corrected chi connectivity index (χ4v) is 0.921. The minimum atomic E-state index is -0.917. The van der Waals surface area contributed by atoms with Gasteiger partial charge in [-0.05, 0) is 6.42 Å². The number of nitrogens with zero attached hydrogens (tertiary/aromatic N) is 1. The molecule has 1 N–H and O–H groups in total. The zero-order valence-corrected chi connectivity index (χ0v) is 6.91. The van der Waals surface area contributed by atoms with E-state index in [-0.39, 0.29) is 12.3 Å². The number of carboxylic acid groups (broad SMARTS) is 1. The van der Waals surface area contributed by atoms with Crippen LogP contribution in [-0.4, -0.2) is 16.1 Å². The molecule has 0 amide bonds. The number of rotatable bonds is 4. The van der Waals surface area contributed by atoms with Crippen LogP contribution in [0.5, 0.6) is 0 Å². The van der Waals surface area contributed by atoms with Gasteiger partial charge in [0.1, 0.15) is 12.2 Å². The van der Waals surface area contributed by atoms with Gasteiger partial charge in [0, 0.05) is 6.42 Å². The third kappa shape index (κ3) is 2.38. The largest absolute Gasteiger partial charge is 0.481 e. The number of aromatic nitrogens is 1. The van der Waals surface area contributed by atoms with E-state index in [4.69, 9.17) is 9.52 Å². The highest BCUT2D eigenvalue weighted by atomic mass is 16.4. The Kier molecular flexibility index (Phi) is 2.85. The first-order chi connectivity index (χ1) is 5.72. The molecule has 1 heterocycles. The Morgan fingerprint density at radius 3 is 3.08 bits per heavy atom. The molecule has 1 rings (SSSR count). The second kappa shape index (κ2) is 3.90. The Labute approximate surface area is 70.2 Å². The average molecular weight is 169 g/mol. The van der Waals surface area contributed by atoms with Crippen molar-refractivity contribution in [2.75, 3.05) is 0 Å². The molecule has 0 radical (unpaired) electrons. The molecule has 0 fully saturated rings. The van der Waals surface area contributed by atoms with E-state index in [1.54, 1.807) is 6.20 Å². The summed E-state index contributed by atoms with van der Waals surface area (Å²) >= 11 is 0. The van der Waals surface area contributed by atoms with Gasteiger partial charge in [-0.1, -0.05) is 6.92 Å². The number of oxazole rings is 1. The second-order valence-electron chi connectivity index (χ2n) is 2.54. The van der Waals surface area contributed by atoms with Crippen LogP contribution < -0.4 is 0 Å². The smallest absolute Gasteiger partial charge is 0.312 e. The molecular formula is C8H11NO3. The van der Waals surface area contributed by atoms with Crippen molar-refractivity contribution in [1.29, 1.82) is 0 Å². The highest BCUT2D eigenvalue weighted by Gasteiger charge is 2.06. The zero-order valence-electron chi connectivity index (χ0n) is 6.91. The van der Waals surface area contributed by atoms with Crippen LogP contribution in [0.2, 0.25) is 0 Å². The highest BCUT2D eigenvalue weighted by Crippen LogP contribution is 2.06. The normalized spacial score (nSPS) is 10.1. The van der Waals surface area contributed by atoms with Crippen LogP contribution in [0, 0.1) is 0 Å². The molecule has 4 nitrogen and oxygen atoms in total. The standard InChI is InChI=1S/C8H11NO3/c1-2-3-6-5-9-7(12-6)4-8(10)11/h5H,2-4H2,1H3,(H,10,11). The van der Waals surface area contributed by atoms with E-state index in [0.717, 1.165) is 18.6 Å². The topological polar surface area (TPSA) is 63.3 Å². The van der Waals surface area contributed by atoms with Gasteiger partial charge in [0.25, 0.3) is 0 Å².